The lowest BCUT2D eigenvalue weighted by atomic mass is 10.2. The van der Waals surface area contributed by atoms with Crippen molar-refractivity contribution in [1.29, 1.82) is 0 Å². The number of hydrogen-bond donors (Lipinski definition) is 1. The number of anilines is 1. The van der Waals surface area contributed by atoms with Crippen LogP contribution in [-0.2, 0) is 14.3 Å². The van der Waals surface area contributed by atoms with E-state index >= 15 is 0 Å². The topological polar surface area (TPSA) is 81.7 Å². The first kappa shape index (κ1) is 19.5. The number of rotatable bonds is 6. The van der Waals surface area contributed by atoms with Crippen molar-refractivity contribution in [3.05, 3.63) is 72.0 Å². The predicted molar refractivity (Wildman–Crippen MR) is 97.4 cm³/mol. The highest BCUT2D eigenvalue weighted by Crippen LogP contribution is 2.24. The second kappa shape index (κ2) is 9.03. The average Bonchev–Trinajstić information content (AvgIpc) is 2.63. The molecule has 0 fully saturated rings. The van der Waals surface area contributed by atoms with Crippen LogP contribution in [0.25, 0.3) is 0 Å². The van der Waals surface area contributed by atoms with E-state index in [0.717, 1.165) is 6.26 Å². The van der Waals surface area contributed by atoms with Gasteiger partial charge in [-0.25, -0.2) is 9.59 Å². The molecule has 2 rings (SSSR count). The number of amides is 1. The Bertz CT molecular complexity index is 839. The van der Waals surface area contributed by atoms with Crippen molar-refractivity contribution in [2.75, 3.05) is 5.32 Å². The van der Waals surface area contributed by atoms with E-state index in [1.807, 2.05) is 0 Å². The van der Waals surface area contributed by atoms with Crippen LogP contribution < -0.4 is 10.1 Å². The Kier molecular flexibility index (Phi) is 6.77. The van der Waals surface area contributed by atoms with Crippen LogP contribution in [0, 0.1) is 0 Å². The third-order valence-electron chi connectivity index (χ3n) is 3.05. The molecule has 8 heteroatoms. The number of esters is 2. The van der Waals surface area contributed by atoms with Gasteiger partial charge in [-0.3, -0.25) is 4.79 Å². The van der Waals surface area contributed by atoms with Crippen molar-refractivity contribution < 1.29 is 23.9 Å². The van der Waals surface area contributed by atoms with Crippen LogP contribution in [0.4, 0.5) is 5.69 Å². The molecule has 2 aromatic carbocycles. The van der Waals surface area contributed by atoms with Gasteiger partial charge in [-0.2, -0.15) is 0 Å². The van der Waals surface area contributed by atoms with Crippen molar-refractivity contribution in [2.24, 2.45) is 0 Å². The Hall–Kier alpha value is -2.83. The number of carbonyl (C=O) groups is 3. The summed E-state index contributed by atoms with van der Waals surface area (Å²) in [6.45, 7) is 3.28. The second-order valence-electron chi connectivity index (χ2n) is 4.85. The lowest BCUT2D eigenvalue weighted by Crippen LogP contribution is -2.33. The van der Waals surface area contributed by atoms with Gasteiger partial charge >= 0.3 is 11.9 Å². The zero-order chi connectivity index (χ0) is 19.1. The van der Waals surface area contributed by atoms with E-state index in [1.165, 1.54) is 18.2 Å². The number of alkyl halides is 1. The molecular formula is C18H13Cl2NO5. The van der Waals surface area contributed by atoms with Crippen molar-refractivity contribution in [3.8, 4) is 5.75 Å². The molecule has 0 aliphatic rings. The molecule has 0 aliphatic carbocycles. The minimum atomic E-state index is -1.62. The van der Waals surface area contributed by atoms with Gasteiger partial charge in [0.25, 0.3) is 5.91 Å². The van der Waals surface area contributed by atoms with Gasteiger partial charge in [0.05, 0.1) is 22.5 Å². The number of carbonyl (C=O) groups excluding carboxylic acids is 3. The summed E-state index contributed by atoms with van der Waals surface area (Å²) in [5.74, 6) is -2.24. The second-order valence-corrected chi connectivity index (χ2v) is 5.70. The fraction of sp³-hybridized carbons (Fsp3) is 0.0556. The third kappa shape index (κ3) is 5.08. The van der Waals surface area contributed by atoms with Gasteiger partial charge in [0.1, 0.15) is 5.75 Å². The van der Waals surface area contributed by atoms with E-state index in [1.54, 1.807) is 30.3 Å². The fourth-order valence-corrected chi connectivity index (χ4v) is 2.12. The maximum atomic E-state index is 12.2. The molecule has 134 valence electrons. The highest BCUT2D eigenvalue weighted by Gasteiger charge is 2.27. The molecule has 6 nitrogen and oxygen atoms in total. The number of halogens is 2. The Labute approximate surface area is 159 Å². The molecule has 1 unspecified atom stereocenters. The maximum absolute atomic E-state index is 12.2. The monoisotopic (exact) mass is 393 g/mol. The normalized spacial score (nSPS) is 11.2. The summed E-state index contributed by atoms with van der Waals surface area (Å²) in [5, 5.41) is 0.908. The summed E-state index contributed by atoms with van der Waals surface area (Å²) in [6, 6.07) is 12.3. The van der Waals surface area contributed by atoms with Crippen molar-refractivity contribution in [1.82, 2.24) is 0 Å². The van der Waals surface area contributed by atoms with Gasteiger partial charge in [-0.1, -0.05) is 48.0 Å². The number of hydrogen-bond acceptors (Lipinski definition) is 5. The van der Waals surface area contributed by atoms with E-state index in [2.05, 4.69) is 16.6 Å². The smallest absolute Gasteiger partial charge is 0.342 e. The Morgan fingerprint density at radius 1 is 1.12 bits per heavy atom. The van der Waals surface area contributed by atoms with Crippen molar-refractivity contribution in [3.63, 3.8) is 0 Å². The van der Waals surface area contributed by atoms with Gasteiger partial charge < -0.3 is 14.8 Å². The van der Waals surface area contributed by atoms with Crippen LogP contribution in [-0.4, -0.2) is 23.2 Å². The first-order chi connectivity index (χ1) is 12.4. The molecule has 0 bridgehead atoms. The number of nitrogens with one attached hydrogen (secondary N) is 1. The average molecular weight is 394 g/mol. The van der Waals surface area contributed by atoms with Crippen LogP contribution in [0.5, 0.6) is 5.75 Å². The third-order valence-corrected chi connectivity index (χ3v) is 3.76. The predicted octanol–water partition coefficient (Wildman–Crippen LogP) is 3.79. The number of ether oxygens (including phenoxy) is 2. The van der Waals surface area contributed by atoms with Crippen LogP contribution >= 0.6 is 23.2 Å². The van der Waals surface area contributed by atoms with Crippen LogP contribution in [0.15, 0.2) is 61.4 Å². The molecule has 2 aromatic rings. The molecule has 1 amide bonds. The first-order valence-electron chi connectivity index (χ1n) is 7.25. The summed E-state index contributed by atoms with van der Waals surface area (Å²) in [5.41, 5.74) is 0.218. The van der Waals surface area contributed by atoms with E-state index in [4.69, 9.17) is 27.9 Å². The highest BCUT2D eigenvalue weighted by molar-refractivity contribution is 6.43. The largest absolute Gasteiger partial charge is 0.432 e. The summed E-state index contributed by atoms with van der Waals surface area (Å²) in [6.07, 6.45) is 0.976. The molecule has 1 N–H and O–H groups in total. The summed E-state index contributed by atoms with van der Waals surface area (Å²) in [4.78, 5) is 35.8. The molecule has 0 heterocycles. The van der Waals surface area contributed by atoms with Crippen molar-refractivity contribution in [2.45, 2.75) is 5.38 Å². The van der Waals surface area contributed by atoms with E-state index in [-0.39, 0.29) is 22.0 Å². The van der Waals surface area contributed by atoms with Gasteiger partial charge in [0.15, 0.2) is 0 Å². The van der Waals surface area contributed by atoms with Gasteiger partial charge in [-0.15, -0.1) is 0 Å². The molecule has 0 aliphatic heterocycles. The highest BCUT2D eigenvalue weighted by atomic mass is 35.5. The Balaban J connectivity index is 2.08. The molecular weight excluding hydrogens is 381 g/mol. The van der Waals surface area contributed by atoms with Gasteiger partial charge in [-0.05, 0) is 30.3 Å². The van der Waals surface area contributed by atoms with E-state index < -0.39 is 23.2 Å². The van der Waals surface area contributed by atoms with E-state index in [0.29, 0.717) is 0 Å². The molecule has 1 atom stereocenters. The molecule has 26 heavy (non-hydrogen) atoms. The SMILES string of the molecule is C=COC(=O)c1ccc(Cl)c(NC(=O)C(Cl)C(=O)Oc2ccccc2)c1. The fourth-order valence-electron chi connectivity index (χ4n) is 1.85. The Morgan fingerprint density at radius 2 is 1.81 bits per heavy atom. The van der Waals surface area contributed by atoms with Gasteiger partial charge in [0, 0.05) is 0 Å². The van der Waals surface area contributed by atoms with Crippen LogP contribution in [0.1, 0.15) is 10.4 Å². The molecule has 0 aromatic heterocycles. The quantitative estimate of drug-likeness (QED) is 0.265. The van der Waals surface area contributed by atoms with Gasteiger partial charge in [0.2, 0.25) is 5.38 Å². The van der Waals surface area contributed by atoms with E-state index in [9.17, 15) is 14.4 Å². The molecule has 0 saturated heterocycles. The number of para-hydroxylation sites is 1. The zero-order valence-electron chi connectivity index (χ0n) is 13.3. The van der Waals surface area contributed by atoms with Crippen molar-refractivity contribution >= 4 is 46.7 Å². The summed E-state index contributed by atoms with van der Waals surface area (Å²) < 4.78 is 9.66. The maximum Gasteiger partial charge on any atom is 0.342 e. The standard InChI is InChI=1S/C18H13Cl2NO5/c1-2-25-17(23)11-8-9-13(19)14(10-11)21-16(22)15(20)18(24)26-12-6-4-3-5-7-12/h2-10,15H,1H2,(H,21,22). The lowest BCUT2D eigenvalue weighted by Gasteiger charge is -2.12. The Morgan fingerprint density at radius 3 is 2.46 bits per heavy atom. The summed E-state index contributed by atoms with van der Waals surface area (Å²) in [7, 11) is 0. The minimum Gasteiger partial charge on any atom is -0.432 e. The zero-order valence-corrected chi connectivity index (χ0v) is 14.8. The first-order valence-corrected chi connectivity index (χ1v) is 8.07. The molecule has 0 radical (unpaired) electrons. The lowest BCUT2D eigenvalue weighted by molar-refractivity contribution is -0.136. The minimum absolute atomic E-state index is 0.0911. The molecule has 0 spiro atoms. The van der Waals surface area contributed by atoms with Crippen LogP contribution in [0.2, 0.25) is 5.02 Å². The number of benzene rings is 2. The van der Waals surface area contributed by atoms with Crippen LogP contribution in [0.3, 0.4) is 0 Å². The summed E-state index contributed by atoms with van der Waals surface area (Å²) >= 11 is 11.8. The molecule has 0 saturated carbocycles.